The van der Waals surface area contributed by atoms with Crippen LogP contribution in [0, 0.1) is 5.92 Å². The molecule has 0 spiro atoms. The van der Waals surface area contributed by atoms with Gasteiger partial charge in [0.2, 0.25) is 0 Å². The lowest BCUT2D eigenvalue weighted by molar-refractivity contribution is -0.136. The Morgan fingerprint density at radius 3 is 2.31 bits per heavy atom. The molecule has 0 fully saturated rings. The Bertz CT molecular complexity index is 307. The van der Waals surface area contributed by atoms with Gasteiger partial charge in [0.15, 0.2) is 15.1 Å². The fourth-order valence-corrected chi connectivity index (χ4v) is 2.67. The number of sulfone groups is 1. The van der Waals surface area contributed by atoms with E-state index < -0.39 is 21.1 Å². The predicted molar refractivity (Wildman–Crippen MR) is 61.2 cm³/mol. The van der Waals surface area contributed by atoms with E-state index in [1.807, 2.05) is 13.8 Å². The van der Waals surface area contributed by atoms with Gasteiger partial charge in [-0.3, -0.25) is 4.79 Å². The van der Waals surface area contributed by atoms with Crippen LogP contribution in [0.3, 0.4) is 0 Å². The summed E-state index contributed by atoms with van der Waals surface area (Å²) in [6.07, 6.45) is 0.0852. The average molecular weight is 252 g/mol. The third kappa shape index (κ3) is 5.46. The first kappa shape index (κ1) is 15.4. The van der Waals surface area contributed by atoms with Gasteiger partial charge in [0.1, 0.15) is 0 Å². The lowest BCUT2D eigenvalue weighted by Gasteiger charge is -2.12. The average Bonchev–Trinajstić information content (AvgIpc) is 2.12. The van der Waals surface area contributed by atoms with E-state index in [0.717, 1.165) is 0 Å². The highest BCUT2D eigenvalue weighted by molar-refractivity contribution is 7.92. The van der Waals surface area contributed by atoms with E-state index in [-0.39, 0.29) is 18.8 Å². The number of ether oxygens (including phenoxy) is 1. The SMILES string of the molecule is CCC(C(=O)O)S(=O)(=O)CCOCC(C)C. The molecule has 0 aliphatic carbocycles. The minimum Gasteiger partial charge on any atom is -0.480 e. The smallest absolute Gasteiger partial charge is 0.321 e. The highest BCUT2D eigenvalue weighted by Gasteiger charge is 2.30. The summed E-state index contributed by atoms with van der Waals surface area (Å²) in [5.41, 5.74) is 0. The molecular formula is C10H20O5S. The van der Waals surface area contributed by atoms with Crippen LogP contribution in [0.2, 0.25) is 0 Å². The first-order valence-corrected chi connectivity index (χ1v) is 7.05. The van der Waals surface area contributed by atoms with Crippen LogP contribution in [0.4, 0.5) is 0 Å². The summed E-state index contributed by atoms with van der Waals surface area (Å²) >= 11 is 0. The topological polar surface area (TPSA) is 80.7 Å². The third-order valence-corrected chi connectivity index (χ3v) is 4.18. The van der Waals surface area contributed by atoms with Gasteiger partial charge in [-0.05, 0) is 12.3 Å². The maximum atomic E-state index is 11.6. The highest BCUT2D eigenvalue weighted by atomic mass is 32.2. The van der Waals surface area contributed by atoms with Crippen LogP contribution >= 0.6 is 0 Å². The second-order valence-electron chi connectivity index (χ2n) is 4.07. The third-order valence-electron chi connectivity index (χ3n) is 2.04. The summed E-state index contributed by atoms with van der Waals surface area (Å²) in [7, 11) is -3.59. The fourth-order valence-electron chi connectivity index (χ4n) is 1.22. The van der Waals surface area contributed by atoms with E-state index in [1.165, 1.54) is 0 Å². The van der Waals surface area contributed by atoms with E-state index in [9.17, 15) is 13.2 Å². The van der Waals surface area contributed by atoms with Crippen LogP contribution in [0.1, 0.15) is 27.2 Å². The first-order valence-electron chi connectivity index (χ1n) is 5.33. The minimum absolute atomic E-state index is 0.0598. The summed E-state index contributed by atoms with van der Waals surface area (Å²) in [4.78, 5) is 10.7. The molecule has 16 heavy (non-hydrogen) atoms. The molecule has 0 bridgehead atoms. The van der Waals surface area contributed by atoms with Crippen molar-refractivity contribution in [2.75, 3.05) is 19.0 Å². The normalized spacial score (nSPS) is 14.0. The molecule has 1 unspecified atom stereocenters. The molecule has 0 aliphatic heterocycles. The van der Waals surface area contributed by atoms with E-state index >= 15 is 0 Å². The molecule has 1 N–H and O–H groups in total. The monoisotopic (exact) mass is 252 g/mol. The van der Waals surface area contributed by atoms with Crippen LogP contribution in [0.15, 0.2) is 0 Å². The quantitative estimate of drug-likeness (QED) is 0.650. The van der Waals surface area contributed by atoms with Crippen molar-refractivity contribution in [3.05, 3.63) is 0 Å². The van der Waals surface area contributed by atoms with E-state index in [2.05, 4.69) is 0 Å². The molecule has 0 saturated heterocycles. The second-order valence-corrected chi connectivity index (χ2v) is 6.37. The van der Waals surface area contributed by atoms with Gasteiger partial charge in [-0.25, -0.2) is 8.42 Å². The van der Waals surface area contributed by atoms with Crippen molar-refractivity contribution in [3.63, 3.8) is 0 Å². The van der Waals surface area contributed by atoms with Crippen molar-refractivity contribution in [2.24, 2.45) is 5.92 Å². The molecule has 0 saturated carbocycles. The summed E-state index contributed by atoms with van der Waals surface area (Å²) in [6.45, 7) is 6.01. The standard InChI is InChI=1S/C10H20O5S/c1-4-9(10(11)12)16(13,14)6-5-15-7-8(2)3/h8-9H,4-7H2,1-3H3,(H,11,12). The van der Waals surface area contributed by atoms with Gasteiger partial charge in [0.05, 0.1) is 12.4 Å². The largest absolute Gasteiger partial charge is 0.480 e. The van der Waals surface area contributed by atoms with Crippen LogP contribution in [0.25, 0.3) is 0 Å². The molecule has 0 radical (unpaired) electrons. The van der Waals surface area contributed by atoms with Crippen molar-refractivity contribution in [1.29, 1.82) is 0 Å². The first-order chi connectivity index (χ1) is 7.31. The number of carbonyl (C=O) groups is 1. The number of carboxylic acids is 1. The van der Waals surface area contributed by atoms with Gasteiger partial charge < -0.3 is 9.84 Å². The lowest BCUT2D eigenvalue weighted by atomic mass is 10.2. The Morgan fingerprint density at radius 2 is 1.94 bits per heavy atom. The Hall–Kier alpha value is -0.620. The summed E-state index contributed by atoms with van der Waals surface area (Å²) in [6, 6.07) is 0. The molecule has 0 aromatic heterocycles. The van der Waals surface area contributed by atoms with Crippen LogP contribution in [0.5, 0.6) is 0 Å². The van der Waals surface area contributed by atoms with Crippen molar-refractivity contribution >= 4 is 15.8 Å². The molecule has 1 atom stereocenters. The van der Waals surface area contributed by atoms with E-state index in [1.54, 1.807) is 6.92 Å². The van der Waals surface area contributed by atoms with Crippen LogP contribution in [-0.2, 0) is 19.4 Å². The molecule has 0 rings (SSSR count). The van der Waals surface area contributed by atoms with Crippen molar-refractivity contribution in [1.82, 2.24) is 0 Å². The van der Waals surface area contributed by atoms with Crippen molar-refractivity contribution in [3.8, 4) is 0 Å². The van der Waals surface area contributed by atoms with Gasteiger partial charge >= 0.3 is 5.97 Å². The number of rotatable bonds is 8. The molecular weight excluding hydrogens is 232 g/mol. The Kier molecular flexibility index (Phi) is 6.59. The van der Waals surface area contributed by atoms with Crippen LogP contribution in [-0.4, -0.2) is 43.7 Å². The van der Waals surface area contributed by atoms with Gasteiger partial charge in [-0.1, -0.05) is 20.8 Å². The van der Waals surface area contributed by atoms with Gasteiger partial charge in [-0.15, -0.1) is 0 Å². The van der Waals surface area contributed by atoms with Crippen molar-refractivity contribution in [2.45, 2.75) is 32.4 Å². The lowest BCUT2D eigenvalue weighted by Crippen LogP contribution is -2.32. The number of hydrogen-bond donors (Lipinski definition) is 1. The minimum atomic E-state index is -3.59. The predicted octanol–water partition coefficient (Wildman–Crippen LogP) is 0.937. The Balaban J connectivity index is 4.19. The molecule has 0 amide bonds. The molecule has 0 aliphatic rings. The zero-order chi connectivity index (χ0) is 12.8. The molecule has 96 valence electrons. The maximum Gasteiger partial charge on any atom is 0.321 e. The zero-order valence-corrected chi connectivity index (χ0v) is 10.8. The molecule has 0 aromatic rings. The Morgan fingerprint density at radius 1 is 1.38 bits per heavy atom. The zero-order valence-electron chi connectivity index (χ0n) is 9.97. The number of aliphatic carboxylic acids is 1. The van der Waals surface area contributed by atoms with Crippen LogP contribution < -0.4 is 0 Å². The summed E-state index contributed by atoms with van der Waals surface area (Å²) in [5, 5.41) is 7.42. The highest BCUT2D eigenvalue weighted by Crippen LogP contribution is 2.07. The maximum absolute atomic E-state index is 11.6. The number of carboxylic acid groups (broad SMARTS) is 1. The second kappa shape index (κ2) is 6.85. The fraction of sp³-hybridized carbons (Fsp3) is 0.900. The summed E-state index contributed by atoms with van der Waals surface area (Å²) < 4.78 is 28.3. The molecule has 0 aromatic carbocycles. The van der Waals surface area contributed by atoms with Gasteiger partial charge in [0, 0.05) is 6.61 Å². The Labute approximate surface area is 96.7 Å². The molecule has 5 nitrogen and oxygen atoms in total. The summed E-state index contributed by atoms with van der Waals surface area (Å²) in [5.74, 6) is -1.18. The van der Waals surface area contributed by atoms with E-state index in [0.29, 0.717) is 12.5 Å². The van der Waals surface area contributed by atoms with Gasteiger partial charge in [0.25, 0.3) is 0 Å². The number of hydrogen-bond acceptors (Lipinski definition) is 4. The van der Waals surface area contributed by atoms with Gasteiger partial charge in [-0.2, -0.15) is 0 Å². The van der Waals surface area contributed by atoms with Crippen molar-refractivity contribution < 1.29 is 23.1 Å². The van der Waals surface area contributed by atoms with E-state index in [4.69, 9.17) is 9.84 Å². The molecule has 6 heteroatoms. The molecule has 0 heterocycles.